The van der Waals surface area contributed by atoms with Gasteiger partial charge in [0.25, 0.3) is 5.91 Å². The van der Waals surface area contributed by atoms with Gasteiger partial charge >= 0.3 is 6.09 Å². The van der Waals surface area contributed by atoms with E-state index in [1.807, 2.05) is 52.3 Å². The summed E-state index contributed by atoms with van der Waals surface area (Å²) in [6, 6.07) is 4.24. The van der Waals surface area contributed by atoms with E-state index in [4.69, 9.17) is 4.74 Å². The van der Waals surface area contributed by atoms with Crippen LogP contribution in [0.3, 0.4) is 0 Å². The summed E-state index contributed by atoms with van der Waals surface area (Å²) in [6.07, 6.45) is 7.24. The van der Waals surface area contributed by atoms with Gasteiger partial charge < -0.3 is 19.1 Å². The smallest absolute Gasteiger partial charge is 0.410 e. The maximum atomic E-state index is 14.3. The second-order valence-corrected chi connectivity index (χ2v) is 10.6. The van der Waals surface area contributed by atoms with Crippen LogP contribution >= 0.6 is 0 Å². The third kappa shape index (κ3) is 4.98. The van der Waals surface area contributed by atoms with Gasteiger partial charge in [-0.3, -0.25) is 9.78 Å². The Morgan fingerprint density at radius 1 is 1.19 bits per heavy atom. The molecule has 0 unspecified atom stereocenters. The van der Waals surface area contributed by atoms with Gasteiger partial charge in [-0.05, 0) is 70.9 Å². The lowest BCUT2D eigenvalue weighted by Crippen LogP contribution is -2.46. The molecule has 7 nitrogen and oxygen atoms in total. The molecule has 0 N–H and O–H groups in total. The van der Waals surface area contributed by atoms with Crippen molar-refractivity contribution in [2.45, 2.75) is 53.2 Å². The topological polar surface area (TPSA) is 67.7 Å². The zero-order chi connectivity index (χ0) is 26.4. The summed E-state index contributed by atoms with van der Waals surface area (Å²) < 4.78 is 21.6. The number of ether oxygens (including phenoxy) is 1. The van der Waals surface area contributed by atoms with Crippen LogP contribution in [-0.4, -0.2) is 63.1 Å². The number of fused-ring (bicyclic) bond motifs is 1. The quantitative estimate of drug-likeness (QED) is 0.476. The number of carbonyl (C=O) groups excluding carboxylic acids is 2. The molecule has 1 aromatic carbocycles. The van der Waals surface area contributed by atoms with Crippen LogP contribution in [0.15, 0.2) is 42.4 Å². The van der Waals surface area contributed by atoms with Crippen molar-refractivity contribution in [3.05, 3.63) is 64.9 Å². The third-order valence-corrected chi connectivity index (χ3v) is 6.27. The molecule has 2 amide bonds. The Labute approximate surface area is 211 Å². The fourth-order valence-electron chi connectivity index (χ4n) is 4.22. The van der Waals surface area contributed by atoms with E-state index in [0.717, 1.165) is 27.6 Å². The fraction of sp³-hybridized carbons (Fsp3) is 0.393. The second-order valence-electron chi connectivity index (χ2n) is 10.6. The minimum absolute atomic E-state index is 0.0363. The lowest BCUT2D eigenvalue weighted by molar-refractivity contribution is 0.0216. The van der Waals surface area contributed by atoms with Crippen LogP contribution in [0.5, 0.6) is 0 Å². The number of aromatic nitrogens is 2. The average molecular weight is 493 g/mol. The van der Waals surface area contributed by atoms with Crippen LogP contribution in [0.4, 0.5) is 9.18 Å². The monoisotopic (exact) mass is 492 g/mol. The molecule has 2 aromatic heterocycles. The number of hydrogen-bond donors (Lipinski definition) is 0. The van der Waals surface area contributed by atoms with Gasteiger partial charge in [0.15, 0.2) is 0 Å². The lowest BCUT2D eigenvalue weighted by atomic mass is 10.0. The van der Waals surface area contributed by atoms with Crippen molar-refractivity contribution in [3.63, 3.8) is 0 Å². The van der Waals surface area contributed by atoms with Gasteiger partial charge in [0, 0.05) is 49.5 Å². The summed E-state index contributed by atoms with van der Waals surface area (Å²) in [5.41, 5.74) is 4.16. The Bertz CT molecular complexity index is 1360. The normalized spacial score (nSPS) is 13.7. The Morgan fingerprint density at radius 2 is 1.89 bits per heavy atom. The minimum Gasteiger partial charge on any atom is -0.444 e. The van der Waals surface area contributed by atoms with Gasteiger partial charge in [-0.1, -0.05) is 6.08 Å². The van der Waals surface area contributed by atoms with Gasteiger partial charge in [-0.15, -0.1) is 0 Å². The maximum Gasteiger partial charge on any atom is 0.410 e. The number of pyridine rings is 1. The van der Waals surface area contributed by atoms with Gasteiger partial charge in [-0.2, -0.15) is 0 Å². The van der Waals surface area contributed by atoms with Crippen molar-refractivity contribution in [2.24, 2.45) is 0 Å². The molecule has 0 saturated carbocycles. The molecule has 0 bridgehead atoms. The molecule has 0 atom stereocenters. The van der Waals surface area contributed by atoms with Gasteiger partial charge in [0.1, 0.15) is 11.4 Å². The standard InChI is InChI=1S/C28H33FN4O3/c1-17(2)31(7)26(34)22-11-21(29)8-9-23(22)33-16-20(25-18(3)12-30-13-24(25)33)10-19-14-32(15-19)27(35)36-28(4,5)6/h8-13,16-17H,14-15H2,1-7H3. The highest BCUT2D eigenvalue weighted by Crippen LogP contribution is 2.32. The number of hydrogen-bond acceptors (Lipinski definition) is 4. The molecule has 3 aromatic rings. The van der Waals surface area contributed by atoms with E-state index in [9.17, 15) is 14.0 Å². The van der Waals surface area contributed by atoms with Crippen molar-refractivity contribution in [2.75, 3.05) is 20.1 Å². The van der Waals surface area contributed by atoms with Crippen LogP contribution in [0.2, 0.25) is 0 Å². The van der Waals surface area contributed by atoms with E-state index in [0.29, 0.717) is 18.8 Å². The molecule has 1 aliphatic rings. The molecule has 0 radical (unpaired) electrons. The number of benzene rings is 1. The highest BCUT2D eigenvalue weighted by molar-refractivity contribution is 6.00. The number of aryl methyl sites for hydroxylation is 1. The fourth-order valence-corrected chi connectivity index (χ4v) is 4.22. The number of amides is 2. The first-order chi connectivity index (χ1) is 16.9. The van der Waals surface area contributed by atoms with E-state index < -0.39 is 11.4 Å². The molecule has 0 spiro atoms. The van der Waals surface area contributed by atoms with Gasteiger partial charge in [-0.25, -0.2) is 9.18 Å². The molecule has 190 valence electrons. The summed E-state index contributed by atoms with van der Waals surface area (Å²) in [4.78, 5) is 33.2. The molecule has 1 saturated heterocycles. The summed E-state index contributed by atoms with van der Waals surface area (Å²) in [6.45, 7) is 12.3. The predicted molar refractivity (Wildman–Crippen MR) is 139 cm³/mol. The second kappa shape index (κ2) is 9.41. The van der Waals surface area contributed by atoms with Crippen LogP contribution in [0.1, 0.15) is 56.1 Å². The van der Waals surface area contributed by atoms with E-state index in [1.165, 1.54) is 12.1 Å². The zero-order valence-electron chi connectivity index (χ0n) is 21.9. The summed E-state index contributed by atoms with van der Waals surface area (Å²) >= 11 is 0. The van der Waals surface area contributed by atoms with Gasteiger partial charge in [0.05, 0.1) is 23.0 Å². The number of carbonyl (C=O) groups is 2. The lowest BCUT2D eigenvalue weighted by Gasteiger charge is -2.35. The Balaban J connectivity index is 1.75. The number of rotatable bonds is 4. The van der Waals surface area contributed by atoms with Crippen LogP contribution in [0.25, 0.3) is 22.7 Å². The summed E-state index contributed by atoms with van der Waals surface area (Å²) in [7, 11) is 1.71. The molecule has 3 heterocycles. The molecule has 1 fully saturated rings. The van der Waals surface area contributed by atoms with Crippen LogP contribution < -0.4 is 0 Å². The predicted octanol–water partition coefficient (Wildman–Crippen LogP) is 5.59. The van der Waals surface area contributed by atoms with Gasteiger partial charge in [0.2, 0.25) is 0 Å². The highest BCUT2D eigenvalue weighted by atomic mass is 19.1. The molecule has 4 rings (SSSR count). The average Bonchev–Trinajstić information content (AvgIpc) is 3.13. The third-order valence-electron chi connectivity index (χ3n) is 6.27. The number of nitrogens with zero attached hydrogens (tertiary/aromatic N) is 4. The SMILES string of the molecule is Cc1cncc2c1c(C=C1CN(C(=O)OC(C)(C)C)C1)cn2-c1ccc(F)cc1C(=O)N(C)C(C)C. The Kier molecular flexibility index (Phi) is 6.64. The summed E-state index contributed by atoms with van der Waals surface area (Å²) in [5.74, 6) is -0.724. The first kappa shape index (κ1) is 25.4. The molecule has 8 heteroatoms. The first-order valence-corrected chi connectivity index (χ1v) is 12.1. The van der Waals surface area contributed by atoms with E-state index in [-0.39, 0.29) is 23.6 Å². The van der Waals surface area contributed by atoms with E-state index >= 15 is 0 Å². The molecule has 1 aliphatic heterocycles. The minimum atomic E-state index is -0.540. The van der Waals surface area contributed by atoms with E-state index in [1.54, 1.807) is 35.3 Å². The molecular weight excluding hydrogens is 459 g/mol. The zero-order valence-corrected chi connectivity index (χ0v) is 21.9. The van der Waals surface area contributed by atoms with E-state index in [2.05, 4.69) is 11.1 Å². The highest BCUT2D eigenvalue weighted by Gasteiger charge is 2.30. The Morgan fingerprint density at radius 3 is 2.53 bits per heavy atom. The van der Waals surface area contributed by atoms with Crippen LogP contribution in [-0.2, 0) is 4.74 Å². The molecule has 36 heavy (non-hydrogen) atoms. The molecule has 0 aliphatic carbocycles. The van der Waals surface area contributed by atoms with Crippen LogP contribution in [0, 0.1) is 12.7 Å². The first-order valence-electron chi connectivity index (χ1n) is 12.1. The largest absolute Gasteiger partial charge is 0.444 e. The number of likely N-dealkylation sites (tertiary alicyclic amines) is 1. The van der Waals surface area contributed by atoms with Crippen molar-refractivity contribution in [1.29, 1.82) is 0 Å². The van der Waals surface area contributed by atoms with Crippen molar-refractivity contribution < 1.29 is 18.7 Å². The van der Waals surface area contributed by atoms with Crippen molar-refractivity contribution >= 4 is 29.0 Å². The number of halogens is 1. The Hall–Kier alpha value is -3.68. The molecular formula is C28H33FN4O3. The summed E-state index contributed by atoms with van der Waals surface area (Å²) in [5, 5.41) is 0.994. The maximum absolute atomic E-state index is 14.3. The van der Waals surface area contributed by atoms with Crippen molar-refractivity contribution in [3.8, 4) is 5.69 Å². The van der Waals surface area contributed by atoms with Crippen molar-refractivity contribution in [1.82, 2.24) is 19.4 Å².